The molecule has 1 unspecified atom stereocenters. The van der Waals surface area contributed by atoms with Gasteiger partial charge in [0.05, 0.1) is 7.11 Å². The Kier molecular flexibility index (Phi) is 10.2. The molecule has 0 spiro atoms. The first-order valence-corrected chi connectivity index (χ1v) is 9.80. The molecule has 1 aromatic carbocycles. The number of hydrogen-bond donors (Lipinski definition) is 3. The van der Waals surface area contributed by atoms with Crippen LogP contribution in [0.4, 0.5) is 4.79 Å². The number of hydrogen-bond acceptors (Lipinski definition) is 4. The van der Waals surface area contributed by atoms with E-state index in [9.17, 15) is 4.79 Å². The minimum Gasteiger partial charge on any atom is -0.497 e. The summed E-state index contributed by atoms with van der Waals surface area (Å²) in [5.74, 6) is 2.08. The summed E-state index contributed by atoms with van der Waals surface area (Å²) in [6.07, 6.45) is 1.39. The highest BCUT2D eigenvalue weighted by atomic mass is 16.6. The van der Waals surface area contributed by atoms with Gasteiger partial charge in [-0.2, -0.15) is 0 Å². The van der Waals surface area contributed by atoms with Crippen molar-refractivity contribution in [3.8, 4) is 5.75 Å². The Morgan fingerprint density at radius 1 is 1.07 bits per heavy atom. The summed E-state index contributed by atoms with van der Waals surface area (Å²) in [5.41, 5.74) is 0.816. The van der Waals surface area contributed by atoms with Crippen molar-refractivity contribution in [1.29, 1.82) is 0 Å². The first-order chi connectivity index (χ1) is 13.2. The Balaban J connectivity index is 2.20. The maximum absolute atomic E-state index is 11.6. The SMILES string of the molecule is CN=C(NCCCNC(=O)OC(C)(C)C)NCCC(C)c1ccc(OC)cc1. The minimum absolute atomic E-state index is 0.387. The van der Waals surface area contributed by atoms with Crippen molar-refractivity contribution < 1.29 is 14.3 Å². The number of aliphatic imine (C=N–C) groups is 1. The highest BCUT2D eigenvalue weighted by molar-refractivity contribution is 5.79. The molecule has 0 heterocycles. The maximum atomic E-state index is 11.6. The third-order valence-corrected chi connectivity index (χ3v) is 4.09. The van der Waals surface area contributed by atoms with Crippen LogP contribution in [0.3, 0.4) is 0 Å². The number of guanidine groups is 1. The van der Waals surface area contributed by atoms with Gasteiger partial charge in [0.25, 0.3) is 0 Å². The number of methoxy groups -OCH3 is 1. The van der Waals surface area contributed by atoms with E-state index in [1.54, 1.807) is 14.2 Å². The summed E-state index contributed by atoms with van der Waals surface area (Å²) in [5, 5.41) is 9.32. The van der Waals surface area contributed by atoms with E-state index >= 15 is 0 Å². The molecule has 0 aliphatic heterocycles. The van der Waals surface area contributed by atoms with Crippen LogP contribution >= 0.6 is 0 Å². The van der Waals surface area contributed by atoms with Crippen LogP contribution < -0.4 is 20.7 Å². The first-order valence-electron chi connectivity index (χ1n) is 9.80. The zero-order chi connectivity index (χ0) is 21.0. The number of carbonyl (C=O) groups excluding carboxylic acids is 1. The lowest BCUT2D eigenvalue weighted by Crippen LogP contribution is -2.39. The van der Waals surface area contributed by atoms with Gasteiger partial charge in [-0.3, -0.25) is 4.99 Å². The van der Waals surface area contributed by atoms with Gasteiger partial charge in [0.15, 0.2) is 5.96 Å². The lowest BCUT2D eigenvalue weighted by Gasteiger charge is -2.19. The second kappa shape index (κ2) is 12.1. The number of nitrogens with zero attached hydrogens (tertiary/aromatic N) is 1. The fourth-order valence-corrected chi connectivity index (χ4v) is 2.53. The van der Waals surface area contributed by atoms with E-state index in [4.69, 9.17) is 9.47 Å². The molecule has 0 saturated heterocycles. The molecule has 0 fully saturated rings. The van der Waals surface area contributed by atoms with Crippen LogP contribution in [0.5, 0.6) is 5.75 Å². The fraction of sp³-hybridized carbons (Fsp3) is 0.619. The molecule has 3 N–H and O–H groups in total. The molecule has 1 aromatic rings. The van der Waals surface area contributed by atoms with E-state index in [-0.39, 0.29) is 6.09 Å². The molecule has 7 nitrogen and oxygen atoms in total. The molecule has 0 aliphatic rings. The van der Waals surface area contributed by atoms with Gasteiger partial charge < -0.3 is 25.4 Å². The van der Waals surface area contributed by atoms with Crippen molar-refractivity contribution in [2.75, 3.05) is 33.8 Å². The molecule has 1 atom stereocenters. The van der Waals surface area contributed by atoms with E-state index < -0.39 is 5.60 Å². The molecule has 1 rings (SSSR count). The summed E-state index contributed by atoms with van der Waals surface area (Å²) in [6.45, 7) is 9.83. The smallest absolute Gasteiger partial charge is 0.407 e. The van der Waals surface area contributed by atoms with Crippen LogP contribution in [0.1, 0.15) is 52.0 Å². The Morgan fingerprint density at radius 3 is 2.25 bits per heavy atom. The van der Waals surface area contributed by atoms with E-state index in [0.29, 0.717) is 19.0 Å². The molecular formula is C21H36N4O3. The highest BCUT2D eigenvalue weighted by Crippen LogP contribution is 2.21. The molecule has 28 heavy (non-hydrogen) atoms. The van der Waals surface area contributed by atoms with Crippen LogP contribution in [0.25, 0.3) is 0 Å². The van der Waals surface area contributed by atoms with Gasteiger partial charge in [-0.05, 0) is 57.2 Å². The van der Waals surface area contributed by atoms with Crippen molar-refractivity contribution in [1.82, 2.24) is 16.0 Å². The Bertz CT molecular complexity index is 609. The van der Waals surface area contributed by atoms with Crippen LogP contribution in [-0.2, 0) is 4.74 Å². The van der Waals surface area contributed by atoms with Gasteiger partial charge in [-0.25, -0.2) is 4.79 Å². The largest absolute Gasteiger partial charge is 0.497 e. The molecule has 7 heteroatoms. The van der Waals surface area contributed by atoms with Gasteiger partial charge in [0.2, 0.25) is 0 Å². The van der Waals surface area contributed by atoms with Gasteiger partial charge in [0, 0.05) is 26.7 Å². The second-order valence-electron chi connectivity index (χ2n) is 7.67. The van der Waals surface area contributed by atoms with Crippen molar-refractivity contribution in [2.24, 2.45) is 4.99 Å². The Labute approximate surface area is 169 Å². The van der Waals surface area contributed by atoms with Gasteiger partial charge in [-0.15, -0.1) is 0 Å². The normalized spacial score (nSPS) is 12.9. The maximum Gasteiger partial charge on any atom is 0.407 e. The predicted octanol–water partition coefficient (Wildman–Crippen LogP) is 3.27. The number of carbonyl (C=O) groups is 1. The third kappa shape index (κ3) is 10.0. The minimum atomic E-state index is -0.475. The number of nitrogens with one attached hydrogen (secondary N) is 3. The summed E-state index contributed by atoms with van der Waals surface area (Å²) in [7, 11) is 3.43. The Hall–Kier alpha value is -2.44. The first kappa shape index (κ1) is 23.6. The number of ether oxygens (including phenoxy) is 2. The lowest BCUT2D eigenvalue weighted by molar-refractivity contribution is 0.0527. The molecule has 158 valence electrons. The van der Waals surface area contributed by atoms with Gasteiger partial charge in [0.1, 0.15) is 11.4 Å². The van der Waals surface area contributed by atoms with Crippen molar-refractivity contribution in [3.63, 3.8) is 0 Å². The third-order valence-electron chi connectivity index (χ3n) is 4.09. The fourth-order valence-electron chi connectivity index (χ4n) is 2.53. The van der Waals surface area contributed by atoms with E-state index in [1.807, 2.05) is 32.9 Å². The van der Waals surface area contributed by atoms with E-state index in [2.05, 4.69) is 40.0 Å². The molecule has 1 amide bonds. The molecule has 0 aromatic heterocycles. The molecule has 0 bridgehead atoms. The molecule has 0 saturated carbocycles. The van der Waals surface area contributed by atoms with Crippen molar-refractivity contribution in [2.45, 2.75) is 52.1 Å². The number of alkyl carbamates (subject to hydrolysis) is 1. The zero-order valence-corrected chi connectivity index (χ0v) is 18.1. The molecular weight excluding hydrogens is 356 g/mol. The topological polar surface area (TPSA) is 84.0 Å². The zero-order valence-electron chi connectivity index (χ0n) is 18.1. The number of benzene rings is 1. The monoisotopic (exact) mass is 392 g/mol. The Morgan fingerprint density at radius 2 is 1.68 bits per heavy atom. The average Bonchev–Trinajstić information content (AvgIpc) is 2.64. The standard InChI is InChI=1S/C21H36N4O3/c1-16(17-8-10-18(27-6)11-9-17)12-15-24-19(22-5)23-13-7-14-25-20(26)28-21(2,3)4/h8-11,16H,7,12-15H2,1-6H3,(H,25,26)(H2,22,23,24). The molecule has 0 radical (unpaired) electrons. The number of rotatable bonds is 9. The van der Waals surface area contributed by atoms with Gasteiger partial charge >= 0.3 is 6.09 Å². The van der Waals surface area contributed by atoms with Gasteiger partial charge in [-0.1, -0.05) is 19.1 Å². The second-order valence-corrected chi connectivity index (χ2v) is 7.67. The lowest BCUT2D eigenvalue weighted by atomic mass is 9.98. The van der Waals surface area contributed by atoms with Crippen molar-refractivity contribution >= 4 is 12.1 Å². The van der Waals surface area contributed by atoms with Crippen LogP contribution in [0.15, 0.2) is 29.3 Å². The summed E-state index contributed by atoms with van der Waals surface area (Å²) < 4.78 is 10.4. The summed E-state index contributed by atoms with van der Waals surface area (Å²) >= 11 is 0. The average molecular weight is 393 g/mol. The van der Waals surface area contributed by atoms with E-state index in [0.717, 1.165) is 31.1 Å². The number of amides is 1. The summed E-state index contributed by atoms with van der Waals surface area (Å²) in [4.78, 5) is 15.8. The van der Waals surface area contributed by atoms with Crippen LogP contribution in [0.2, 0.25) is 0 Å². The summed E-state index contributed by atoms with van der Waals surface area (Å²) in [6, 6.07) is 8.19. The molecule has 0 aliphatic carbocycles. The highest BCUT2D eigenvalue weighted by Gasteiger charge is 2.15. The predicted molar refractivity (Wildman–Crippen MR) is 114 cm³/mol. The van der Waals surface area contributed by atoms with E-state index in [1.165, 1.54) is 5.56 Å². The van der Waals surface area contributed by atoms with Crippen LogP contribution in [0, 0.1) is 0 Å². The van der Waals surface area contributed by atoms with Crippen molar-refractivity contribution in [3.05, 3.63) is 29.8 Å². The quantitative estimate of drug-likeness (QED) is 0.341. The van der Waals surface area contributed by atoms with Crippen LogP contribution in [-0.4, -0.2) is 51.4 Å².